The van der Waals surface area contributed by atoms with Crippen molar-refractivity contribution in [1.82, 2.24) is 29.6 Å². The van der Waals surface area contributed by atoms with E-state index in [-0.39, 0.29) is 0 Å². The van der Waals surface area contributed by atoms with Crippen molar-refractivity contribution in [2.24, 2.45) is 7.05 Å². The number of piperazine rings is 1. The number of rotatable bonds is 6. The minimum atomic E-state index is 0.643. The number of aromatic nitrogens is 5. The summed E-state index contributed by atoms with van der Waals surface area (Å²) in [5, 5.41) is 5.62. The van der Waals surface area contributed by atoms with Gasteiger partial charge in [0.2, 0.25) is 0 Å². The summed E-state index contributed by atoms with van der Waals surface area (Å²) < 4.78 is 7.33. The minimum Gasteiger partial charge on any atom is -0.380 e. The van der Waals surface area contributed by atoms with Crippen LogP contribution < -0.4 is 4.90 Å². The van der Waals surface area contributed by atoms with Crippen molar-refractivity contribution in [3.8, 4) is 11.5 Å². The number of hydrogen-bond donors (Lipinski definition) is 0. The fourth-order valence-electron chi connectivity index (χ4n) is 3.68. The van der Waals surface area contributed by atoms with Gasteiger partial charge in [0, 0.05) is 52.6 Å². The first-order chi connectivity index (χ1) is 13.7. The van der Waals surface area contributed by atoms with E-state index < -0.39 is 0 Å². The van der Waals surface area contributed by atoms with E-state index in [9.17, 15) is 0 Å². The van der Waals surface area contributed by atoms with Crippen LogP contribution in [0.1, 0.15) is 12.6 Å². The Bertz CT molecular complexity index is 933. The van der Waals surface area contributed by atoms with Crippen LogP contribution in [0.15, 0.2) is 24.4 Å². The van der Waals surface area contributed by atoms with E-state index in [2.05, 4.69) is 19.9 Å². The van der Waals surface area contributed by atoms with Gasteiger partial charge in [-0.3, -0.25) is 14.6 Å². The van der Waals surface area contributed by atoms with E-state index in [0.717, 1.165) is 74.2 Å². The molecule has 3 aromatic heterocycles. The summed E-state index contributed by atoms with van der Waals surface area (Å²) in [6, 6.07) is 5.81. The van der Waals surface area contributed by atoms with Crippen LogP contribution >= 0.6 is 0 Å². The third-order valence-corrected chi connectivity index (χ3v) is 5.16. The van der Waals surface area contributed by atoms with E-state index >= 15 is 0 Å². The summed E-state index contributed by atoms with van der Waals surface area (Å²) in [6.07, 6.45) is 1.77. The molecule has 148 valence electrons. The quantitative estimate of drug-likeness (QED) is 0.604. The molecule has 1 fully saturated rings. The van der Waals surface area contributed by atoms with Crippen LogP contribution in [0.5, 0.6) is 0 Å². The van der Waals surface area contributed by atoms with Crippen molar-refractivity contribution in [1.29, 1.82) is 0 Å². The Hall–Kier alpha value is -2.58. The second-order valence-electron chi connectivity index (χ2n) is 7.02. The van der Waals surface area contributed by atoms with Crippen molar-refractivity contribution in [2.75, 3.05) is 50.8 Å². The second kappa shape index (κ2) is 8.20. The number of fused-ring (bicyclic) bond motifs is 1. The molecule has 4 rings (SSSR count). The number of ether oxygens (including phenoxy) is 1. The Morgan fingerprint density at radius 2 is 1.93 bits per heavy atom. The van der Waals surface area contributed by atoms with Gasteiger partial charge < -0.3 is 9.64 Å². The first-order valence-electron chi connectivity index (χ1n) is 9.85. The van der Waals surface area contributed by atoms with Gasteiger partial charge >= 0.3 is 0 Å². The summed E-state index contributed by atoms with van der Waals surface area (Å²) >= 11 is 0. The molecule has 1 aliphatic rings. The van der Waals surface area contributed by atoms with E-state index in [4.69, 9.17) is 14.7 Å². The molecule has 8 heteroatoms. The Balaban J connectivity index is 1.65. The van der Waals surface area contributed by atoms with Gasteiger partial charge in [-0.1, -0.05) is 6.07 Å². The summed E-state index contributed by atoms with van der Waals surface area (Å²) in [5.41, 5.74) is 2.58. The van der Waals surface area contributed by atoms with Gasteiger partial charge in [0.05, 0.1) is 17.7 Å². The topological polar surface area (TPSA) is 72.2 Å². The van der Waals surface area contributed by atoms with Crippen LogP contribution in [0, 0.1) is 6.92 Å². The predicted molar refractivity (Wildman–Crippen MR) is 109 cm³/mol. The van der Waals surface area contributed by atoms with Gasteiger partial charge in [-0.2, -0.15) is 5.10 Å². The van der Waals surface area contributed by atoms with E-state index in [1.54, 1.807) is 6.20 Å². The lowest BCUT2D eigenvalue weighted by Crippen LogP contribution is -2.47. The Labute approximate surface area is 165 Å². The van der Waals surface area contributed by atoms with Crippen molar-refractivity contribution in [3.63, 3.8) is 0 Å². The molecule has 0 saturated carbocycles. The van der Waals surface area contributed by atoms with Crippen molar-refractivity contribution < 1.29 is 4.74 Å². The molecule has 0 aromatic carbocycles. The van der Waals surface area contributed by atoms with Crippen LogP contribution in [-0.2, 0) is 11.8 Å². The summed E-state index contributed by atoms with van der Waals surface area (Å²) in [7, 11) is 1.93. The SMILES string of the molecule is CCOCCN1CCN(c2nc(-c3ccccn3)nc3c2c(C)nn3C)CC1. The third kappa shape index (κ3) is 3.70. The van der Waals surface area contributed by atoms with Gasteiger partial charge in [-0.15, -0.1) is 0 Å². The van der Waals surface area contributed by atoms with Gasteiger partial charge in [0.1, 0.15) is 11.5 Å². The van der Waals surface area contributed by atoms with Crippen molar-refractivity contribution >= 4 is 16.9 Å². The molecule has 3 aromatic rings. The molecule has 0 N–H and O–H groups in total. The Morgan fingerprint density at radius 3 is 2.64 bits per heavy atom. The lowest BCUT2D eigenvalue weighted by atomic mass is 10.2. The molecule has 0 spiro atoms. The van der Waals surface area contributed by atoms with E-state index in [0.29, 0.717) is 5.82 Å². The largest absolute Gasteiger partial charge is 0.380 e. The molecule has 8 nitrogen and oxygen atoms in total. The zero-order valence-corrected chi connectivity index (χ0v) is 16.8. The third-order valence-electron chi connectivity index (χ3n) is 5.16. The first-order valence-corrected chi connectivity index (χ1v) is 9.85. The van der Waals surface area contributed by atoms with Crippen LogP contribution in [0.3, 0.4) is 0 Å². The second-order valence-corrected chi connectivity index (χ2v) is 7.02. The molecule has 0 radical (unpaired) electrons. The molecule has 1 aliphatic heterocycles. The fourth-order valence-corrected chi connectivity index (χ4v) is 3.68. The van der Waals surface area contributed by atoms with Crippen LogP contribution in [0.2, 0.25) is 0 Å². The van der Waals surface area contributed by atoms with Gasteiger partial charge in [-0.05, 0) is 26.0 Å². The van der Waals surface area contributed by atoms with Gasteiger partial charge in [0.25, 0.3) is 0 Å². The molecular weight excluding hydrogens is 354 g/mol. The normalized spacial score (nSPS) is 15.5. The van der Waals surface area contributed by atoms with Crippen molar-refractivity contribution in [2.45, 2.75) is 13.8 Å². The maximum Gasteiger partial charge on any atom is 0.182 e. The molecule has 0 bridgehead atoms. The number of aryl methyl sites for hydroxylation is 2. The van der Waals surface area contributed by atoms with Crippen LogP contribution in [-0.4, -0.2) is 75.6 Å². The average molecular weight is 381 g/mol. The lowest BCUT2D eigenvalue weighted by molar-refractivity contribution is 0.111. The van der Waals surface area contributed by atoms with Gasteiger partial charge in [0.15, 0.2) is 11.5 Å². The molecule has 0 atom stereocenters. The highest BCUT2D eigenvalue weighted by molar-refractivity contribution is 5.91. The standard InChI is InChI=1S/C20H27N7O/c1-4-28-14-13-26-9-11-27(12-10-26)20-17-15(2)24-25(3)19(17)22-18(23-20)16-7-5-6-8-21-16/h5-8H,4,9-14H2,1-3H3. The molecule has 0 aliphatic carbocycles. The van der Waals surface area contributed by atoms with Gasteiger partial charge in [-0.25, -0.2) is 9.97 Å². The zero-order valence-electron chi connectivity index (χ0n) is 16.8. The Morgan fingerprint density at radius 1 is 1.11 bits per heavy atom. The van der Waals surface area contributed by atoms with Crippen LogP contribution in [0.25, 0.3) is 22.6 Å². The number of anilines is 1. The highest BCUT2D eigenvalue weighted by Crippen LogP contribution is 2.29. The molecule has 0 amide bonds. The van der Waals surface area contributed by atoms with E-state index in [1.165, 1.54) is 0 Å². The fraction of sp³-hybridized carbons (Fsp3) is 0.500. The molecule has 28 heavy (non-hydrogen) atoms. The highest BCUT2D eigenvalue weighted by atomic mass is 16.5. The smallest absolute Gasteiger partial charge is 0.182 e. The summed E-state index contributed by atoms with van der Waals surface area (Å²) in [4.78, 5) is 18.9. The maximum absolute atomic E-state index is 5.49. The molecule has 0 unspecified atom stereocenters. The first kappa shape index (κ1) is 18.8. The zero-order chi connectivity index (χ0) is 19.5. The minimum absolute atomic E-state index is 0.643. The monoisotopic (exact) mass is 381 g/mol. The predicted octanol–water partition coefficient (Wildman–Crippen LogP) is 1.89. The molecule has 1 saturated heterocycles. The Kier molecular flexibility index (Phi) is 5.50. The van der Waals surface area contributed by atoms with Crippen molar-refractivity contribution in [3.05, 3.63) is 30.1 Å². The van der Waals surface area contributed by atoms with Crippen LogP contribution in [0.4, 0.5) is 5.82 Å². The highest BCUT2D eigenvalue weighted by Gasteiger charge is 2.24. The average Bonchev–Trinajstić information content (AvgIpc) is 3.02. The number of pyridine rings is 1. The lowest BCUT2D eigenvalue weighted by Gasteiger charge is -2.35. The maximum atomic E-state index is 5.49. The summed E-state index contributed by atoms with van der Waals surface area (Å²) in [5.74, 6) is 1.60. The molecule has 4 heterocycles. The summed E-state index contributed by atoms with van der Waals surface area (Å²) in [6.45, 7) is 10.4. The number of nitrogens with zero attached hydrogens (tertiary/aromatic N) is 7. The number of hydrogen-bond acceptors (Lipinski definition) is 7. The van der Waals surface area contributed by atoms with E-state index in [1.807, 2.05) is 43.8 Å². The molecular formula is C20H27N7O.